The van der Waals surface area contributed by atoms with Gasteiger partial charge in [0.15, 0.2) is 5.89 Å². The monoisotopic (exact) mass is 224 g/mol. The van der Waals surface area contributed by atoms with Crippen molar-refractivity contribution in [1.82, 2.24) is 9.88 Å². The average molecular weight is 224 g/mol. The van der Waals surface area contributed by atoms with E-state index >= 15 is 0 Å². The van der Waals surface area contributed by atoms with Crippen LogP contribution in [-0.2, 0) is 17.6 Å². The van der Waals surface area contributed by atoms with E-state index in [0.29, 0.717) is 17.6 Å². The highest BCUT2D eigenvalue weighted by Crippen LogP contribution is 2.18. The maximum Gasteiger partial charge on any atom is 0.309 e. The van der Waals surface area contributed by atoms with Crippen LogP contribution in [0, 0.1) is 0 Å². The number of rotatable bonds is 4. The number of nitrogens with zero attached hydrogens (tertiary/aromatic N) is 2. The molecule has 1 N–H and O–H groups in total. The van der Waals surface area contributed by atoms with Gasteiger partial charge in [-0.3, -0.25) is 4.79 Å². The maximum absolute atomic E-state index is 10.5. The number of oxazole rings is 1. The first-order chi connectivity index (χ1) is 7.65. The fraction of sp³-hybridized carbons (Fsp3) is 0.636. The van der Waals surface area contributed by atoms with Crippen LogP contribution in [0.1, 0.15) is 24.4 Å². The molecule has 5 nitrogen and oxygen atoms in total. The van der Waals surface area contributed by atoms with Crippen molar-refractivity contribution in [2.24, 2.45) is 0 Å². The van der Waals surface area contributed by atoms with Gasteiger partial charge < -0.3 is 14.4 Å². The van der Waals surface area contributed by atoms with Gasteiger partial charge in [0.2, 0.25) is 0 Å². The summed E-state index contributed by atoms with van der Waals surface area (Å²) in [6.07, 6.45) is 4.52. The highest BCUT2D eigenvalue weighted by Gasteiger charge is 2.23. The van der Waals surface area contributed by atoms with Gasteiger partial charge in [0.25, 0.3) is 0 Å². The number of carboxylic acids is 1. The van der Waals surface area contributed by atoms with Gasteiger partial charge in [-0.2, -0.15) is 0 Å². The van der Waals surface area contributed by atoms with Gasteiger partial charge in [0.05, 0.1) is 12.1 Å². The molecule has 1 saturated heterocycles. The number of aliphatic carboxylic acids is 1. The standard InChI is InChI=1S/C11H16N2O3/c1-13-4-2-3-9(13)6-10-12-8(7-16-10)5-11(14)15/h7,9H,2-6H2,1H3,(H,14,15). The molecular formula is C11H16N2O3. The number of aromatic nitrogens is 1. The van der Waals surface area contributed by atoms with Gasteiger partial charge in [-0.1, -0.05) is 0 Å². The van der Waals surface area contributed by atoms with Gasteiger partial charge >= 0.3 is 5.97 Å². The molecule has 0 radical (unpaired) electrons. The molecule has 5 heteroatoms. The van der Waals surface area contributed by atoms with E-state index in [1.165, 1.54) is 12.7 Å². The van der Waals surface area contributed by atoms with Crippen LogP contribution in [0.2, 0.25) is 0 Å². The van der Waals surface area contributed by atoms with Crippen molar-refractivity contribution in [3.8, 4) is 0 Å². The van der Waals surface area contributed by atoms with Gasteiger partial charge in [0, 0.05) is 12.5 Å². The lowest BCUT2D eigenvalue weighted by molar-refractivity contribution is -0.136. The largest absolute Gasteiger partial charge is 0.481 e. The molecule has 1 unspecified atom stereocenters. The molecule has 1 aliphatic rings. The summed E-state index contributed by atoms with van der Waals surface area (Å²) in [7, 11) is 2.10. The van der Waals surface area contributed by atoms with Crippen LogP contribution in [0.5, 0.6) is 0 Å². The first-order valence-electron chi connectivity index (χ1n) is 5.50. The highest BCUT2D eigenvalue weighted by molar-refractivity contribution is 5.69. The van der Waals surface area contributed by atoms with Crippen molar-refractivity contribution in [2.45, 2.75) is 31.7 Å². The van der Waals surface area contributed by atoms with Gasteiger partial charge in [-0.05, 0) is 26.4 Å². The van der Waals surface area contributed by atoms with E-state index in [2.05, 4.69) is 16.9 Å². The quantitative estimate of drug-likeness (QED) is 0.824. The van der Waals surface area contributed by atoms with Crippen LogP contribution in [0.25, 0.3) is 0 Å². The summed E-state index contributed by atoms with van der Waals surface area (Å²) in [5.41, 5.74) is 0.503. The zero-order valence-electron chi connectivity index (χ0n) is 9.35. The molecule has 88 valence electrons. The number of hydrogen-bond acceptors (Lipinski definition) is 4. The van der Waals surface area contributed by atoms with E-state index < -0.39 is 5.97 Å². The van der Waals surface area contributed by atoms with Crippen LogP contribution in [0.15, 0.2) is 10.7 Å². The first-order valence-corrected chi connectivity index (χ1v) is 5.50. The second-order valence-corrected chi connectivity index (χ2v) is 4.28. The molecule has 0 aromatic carbocycles. The minimum Gasteiger partial charge on any atom is -0.481 e. The molecule has 0 bridgehead atoms. The molecule has 16 heavy (non-hydrogen) atoms. The first kappa shape index (κ1) is 11.1. The Morgan fingerprint density at radius 1 is 1.75 bits per heavy atom. The lowest BCUT2D eigenvalue weighted by Crippen LogP contribution is -2.26. The predicted octanol–water partition coefficient (Wildman–Crippen LogP) is 0.938. The van der Waals surface area contributed by atoms with E-state index in [4.69, 9.17) is 9.52 Å². The molecule has 0 amide bonds. The van der Waals surface area contributed by atoms with Gasteiger partial charge in [-0.25, -0.2) is 4.98 Å². The van der Waals surface area contributed by atoms with Crippen molar-refractivity contribution >= 4 is 5.97 Å². The minimum absolute atomic E-state index is 0.0655. The topological polar surface area (TPSA) is 66.6 Å². The summed E-state index contributed by atoms with van der Waals surface area (Å²) >= 11 is 0. The smallest absolute Gasteiger partial charge is 0.309 e. The molecule has 1 aromatic rings. The Morgan fingerprint density at radius 2 is 2.56 bits per heavy atom. The molecule has 1 fully saturated rings. The lowest BCUT2D eigenvalue weighted by Gasteiger charge is -2.16. The summed E-state index contributed by atoms with van der Waals surface area (Å²) in [4.78, 5) is 17.0. The van der Waals surface area contributed by atoms with Crippen molar-refractivity contribution in [1.29, 1.82) is 0 Å². The fourth-order valence-electron chi connectivity index (χ4n) is 2.12. The summed E-state index contributed by atoms with van der Waals surface area (Å²) in [5.74, 6) is -0.229. The van der Waals surface area contributed by atoms with Crippen molar-refractivity contribution < 1.29 is 14.3 Å². The zero-order valence-corrected chi connectivity index (χ0v) is 9.35. The number of likely N-dealkylation sites (tertiary alicyclic amines) is 1. The zero-order chi connectivity index (χ0) is 11.5. The lowest BCUT2D eigenvalue weighted by atomic mass is 10.1. The number of carboxylic acid groups (broad SMARTS) is 1. The second-order valence-electron chi connectivity index (χ2n) is 4.28. The Labute approximate surface area is 94.1 Å². The van der Waals surface area contributed by atoms with E-state index in [9.17, 15) is 4.79 Å². The molecule has 1 aromatic heterocycles. The molecule has 0 saturated carbocycles. The van der Waals surface area contributed by atoms with E-state index in [-0.39, 0.29) is 6.42 Å². The third-order valence-corrected chi connectivity index (χ3v) is 3.01. The third-order valence-electron chi connectivity index (χ3n) is 3.01. The Morgan fingerprint density at radius 3 is 3.19 bits per heavy atom. The molecule has 1 aliphatic heterocycles. The van der Waals surface area contributed by atoms with Crippen LogP contribution in [0.4, 0.5) is 0 Å². The predicted molar refractivity (Wildman–Crippen MR) is 57.2 cm³/mol. The summed E-state index contributed by atoms with van der Waals surface area (Å²) in [6, 6.07) is 0.483. The van der Waals surface area contributed by atoms with Crippen LogP contribution < -0.4 is 0 Å². The molecular weight excluding hydrogens is 208 g/mol. The highest BCUT2D eigenvalue weighted by atomic mass is 16.4. The van der Waals surface area contributed by atoms with Crippen LogP contribution >= 0.6 is 0 Å². The Kier molecular flexibility index (Phi) is 3.24. The second kappa shape index (κ2) is 4.65. The number of hydrogen-bond donors (Lipinski definition) is 1. The maximum atomic E-state index is 10.5. The molecule has 2 rings (SSSR count). The summed E-state index contributed by atoms with van der Waals surface area (Å²) < 4.78 is 5.27. The van der Waals surface area contributed by atoms with Crippen LogP contribution in [-0.4, -0.2) is 40.6 Å². The van der Waals surface area contributed by atoms with E-state index in [1.807, 2.05) is 0 Å². The van der Waals surface area contributed by atoms with Crippen molar-refractivity contribution in [2.75, 3.05) is 13.6 Å². The van der Waals surface area contributed by atoms with Crippen molar-refractivity contribution in [3.05, 3.63) is 17.8 Å². The molecule has 0 spiro atoms. The average Bonchev–Trinajstić information content (AvgIpc) is 2.77. The minimum atomic E-state index is -0.877. The number of carbonyl (C=O) groups is 1. The Balaban J connectivity index is 1.94. The molecule has 0 aliphatic carbocycles. The van der Waals surface area contributed by atoms with Crippen molar-refractivity contribution in [3.63, 3.8) is 0 Å². The number of likely N-dealkylation sites (N-methyl/N-ethyl adjacent to an activating group) is 1. The Hall–Kier alpha value is -1.36. The van der Waals surface area contributed by atoms with Gasteiger partial charge in [0.1, 0.15) is 6.26 Å². The SMILES string of the molecule is CN1CCCC1Cc1nc(CC(=O)O)co1. The molecule has 2 heterocycles. The Bertz CT molecular complexity index is 375. The van der Waals surface area contributed by atoms with E-state index in [1.54, 1.807) is 0 Å². The van der Waals surface area contributed by atoms with E-state index in [0.717, 1.165) is 19.4 Å². The third kappa shape index (κ3) is 2.61. The van der Waals surface area contributed by atoms with Gasteiger partial charge in [-0.15, -0.1) is 0 Å². The molecule has 1 atom stereocenters. The normalized spacial score (nSPS) is 21.4. The van der Waals surface area contributed by atoms with Crippen LogP contribution in [0.3, 0.4) is 0 Å². The summed E-state index contributed by atoms with van der Waals surface area (Å²) in [5, 5.41) is 8.61. The fourth-order valence-corrected chi connectivity index (χ4v) is 2.12. The summed E-state index contributed by atoms with van der Waals surface area (Å²) in [6.45, 7) is 1.12.